The van der Waals surface area contributed by atoms with Gasteiger partial charge in [-0.3, -0.25) is 4.68 Å². The van der Waals surface area contributed by atoms with Gasteiger partial charge in [-0.2, -0.15) is 5.10 Å². The topological polar surface area (TPSA) is 55.9 Å². The average Bonchev–Trinajstić information content (AvgIpc) is 2.79. The van der Waals surface area contributed by atoms with Gasteiger partial charge in [0.25, 0.3) is 0 Å². The SMILES string of the molecule is Nc1cc(I)ccc1NCCCn1cccn1. The predicted octanol–water partition coefficient (Wildman–Crippen LogP) is 2.57. The number of anilines is 2. The highest BCUT2D eigenvalue weighted by Crippen LogP contribution is 2.20. The van der Waals surface area contributed by atoms with Crippen LogP contribution in [0.15, 0.2) is 36.7 Å². The first-order valence-electron chi connectivity index (χ1n) is 5.52. The van der Waals surface area contributed by atoms with E-state index in [1.165, 1.54) is 0 Å². The number of hydrogen-bond acceptors (Lipinski definition) is 3. The van der Waals surface area contributed by atoms with E-state index in [0.29, 0.717) is 0 Å². The van der Waals surface area contributed by atoms with Crippen molar-refractivity contribution in [3.05, 3.63) is 40.2 Å². The molecule has 0 aliphatic heterocycles. The molecule has 90 valence electrons. The standard InChI is InChI=1S/C12H15IN4/c13-10-3-4-12(11(14)9-10)15-5-1-7-17-8-2-6-16-17/h2-4,6,8-9,15H,1,5,7,14H2. The van der Waals surface area contributed by atoms with Crippen LogP contribution in [0, 0.1) is 3.57 Å². The fraction of sp³-hybridized carbons (Fsp3) is 0.250. The van der Waals surface area contributed by atoms with Crippen LogP contribution in [0.4, 0.5) is 11.4 Å². The zero-order chi connectivity index (χ0) is 12.1. The third-order valence-electron chi connectivity index (χ3n) is 2.45. The van der Waals surface area contributed by atoms with Crippen molar-refractivity contribution in [1.29, 1.82) is 0 Å². The van der Waals surface area contributed by atoms with E-state index in [-0.39, 0.29) is 0 Å². The van der Waals surface area contributed by atoms with E-state index < -0.39 is 0 Å². The van der Waals surface area contributed by atoms with Crippen LogP contribution in [0.2, 0.25) is 0 Å². The van der Waals surface area contributed by atoms with Crippen molar-refractivity contribution in [3.63, 3.8) is 0 Å². The Morgan fingerprint density at radius 2 is 2.29 bits per heavy atom. The van der Waals surface area contributed by atoms with Crippen LogP contribution in [-0.2, 0) is 6.54 Å². The Balaban J connectivity index is 1.78. The first-order valence-corrected chi connectivity index (χ1v) is 6.60. The number of nitrogen functional groups attached to an aromatic ring is 1. The molecular weight excluding hydrogens is 327 g/mol. The molecule has 5 heteroatoms. The van der Waals surface area contributed by atoms with Gasteiger partial charge in [-0.25, -0.2) is 0 Å². The van der Waals surface area contributed by atoms with Crippen LogP contribution in [-0.4, -0.2) is 16.3 Å². The summed E-state index contributed by atoms with van der Waals surface area (Å²) in [6.07, 6.45) is 4.79. The third kappa shape index (κ3) is 3.62. The molecule has 2 rings (SSSR count). The smallest absolute Gasteiger partial charge is 0.0574 e. The van der Waals surface area contributed by atoms with Crippen molar-refractivity contribution in [2.24, 2.45) is 0 Å². The molecule has 0 atom stereocenters. The predicted molar refractivity (Wildman–Crippen MR) is 78.9 cm³/mol. The summed E-state index contributed by atoms with van der Waals surface area (Å²) in [5, 5.41) is 7.49. The molecule has 0 saturated heterocycles. The van der Waals surface area contributed by atoms with Gasteiger partial charge in [0.1, 0.15) is 0 Å². The van der Waals surface area contributed by atoms with Crippen molar-refractivity contribution in [3.8, 4) is 0 Å². The molecule has 0 aliphatic rings. The van der Waals surface area contributed by atoms with Gasteiger partial charge >= 0.3 is 0 Å². The highest BCUT2D eigenvalue weighted by atomic mass is 127. The van der Waals surface area contributed by atoms with E-state index in [9.17, 15) is 0 Å². The summed E-state index contributed by atoms with van der Waals surface area (Å²) in [4.78, 5) is 0. The molecule has 0 unspecified atom stereocenters. The van der Waals surface area contributed by atoms with Crippen molar-refractivity contribution in [1.82, 2.24) is 9.78 Å². The number of nitrogens with two attached hydrogens (primary N) is 1. The summed E-state index contributed by atoms with van der Waals surface area (Å²) >= 11 is 2.25. The fourth-order valence-electron chi connectivity index (χ4n) is 1.59. The summed E-state index contributed by atoms with van der Waals surface area (Å²) in [7, 11) is 0. The van der Waals surface area contributed by atoms with Crippen molar-refractivity contribution >= 4 is 34.0 Å². The zero-order valence-electron chi connectivity index (χ0n) is 9.44. The Kier molecular flexibility index (Phi) is 4.24. The second-order valence-electron chi connectivity index (χ2n) is 3.78. The van der Waals surface area contributed by atoms with Gasteiger partial charge in [-0.1, -0.05) is 0 Å². The minimum absolute atomic E-state index is 0.802. The molecule has 1 aromatic carbocycles. The van der Waals surface area contributed by atoms with E-state index >= 15 is 0 Å². The van der Waals surface area contributed by atoms with Crippen LogP contribution < -0.4 is 11.1 Å². The molecule has 0 spiro atoms. The number of benzene rings is 1. The summed E-state index contributed by atoms with van der Waals surface area (Å²) in [5.74, 6) is 0. The number of hydrogen-bond donors (Lipinski definition) is 2. The van der Waals surface area contributed by atoms with E-state index in [0.717, 1.165) is 34.5 Å². The first-order chi connectivity index (χ1) is 8.25. The molecular formula is C12H15IN4. The monoisotopic (exact) mass is 342 g/mol. The number of halogens is 1. The lowest BCUT2D eigenvalue weighted by atomic mass is 10.2. The minimum atomic E-state index is 0.802. The van der Waals surface area contributed by atoms with Gasteiger partial charge in [0.05, 0.1) is 11.4 Å². The Morgan fingerprint density at radius 3 is 3.00 bits per heavy atom. The number of rotatable bonds is 5. The first kappa shape index (κ1) is 12.2. The Bertz CT molecular complexity index is 467. The van der Waals surface area contributed by atoms with Gasteiger partial charge in [0, 0.05) is 29.1 Å². The lowest BCUT2D eigenvalue weighted by molar-refractivity contribution is 0.592. The van der Waals surface area contributed by atoms with E-state index in [4.69, 9.17) is 5.73 Å². The maximum atomic E-state index is 5.91. The molecule has 17 heavy (non-hydrogen) atoms. The highest BCUT2D eigenvalue weighted by Gasteiger charge is 1.98. The largest absolute Gasteiger partial charge is 0.397 e. The molecule has 1 aromatic heterocycles. The zero-order valence-corrected chi connectivity index (χ0v) is 11.6. The molecule has 2 aromatic rings. The van der Waals surface area contributed by atoms with Crippen LogP contribution in [0.25, 0.3) is 0 Å². The van der Waals surface area contributed by atoms with Crippen LogP contribution in [0.1, 0.15) is 6.42 Å². The van der Waals surface area contributed by atoms with Gasteiger partial charge in [-0.15, -0.1) is 0 Å². The maximum absolute atomic E-state index is 5.91. The maximum Gasteiger partial charge on any atom is 0.0574 e. The second-order valence-corrected chi connectivity index (χ2v) is 5.03. The second kappa shape index (κ2) is 5.90. The lowest BCUT2D eigenvalue weighted by Gasteiger charge is -2.09. The van der Waals surface area contributed by atoms with E-state index in [1.807, 2.05) is 35.1 Å². The van der Waals surface area contributed by atoms with Crippen LogP contribution >= 0.6 is 22.6 Å². The molecule has 0 amide bonds. The summed E-state index contributed by atoms with van der Waals surface area (Å²) in [6, 6.07) is 7.97. The Hall–Kier alpha value is -1.24. The van der Waals surface area contributed by atoms with E-state index in [1.54, 1.807) is 6.20 Å². The average molecular weight is 342 g/mol. The van der Waals surface area contributed by atoms with Gasteiger partial charge < -0.3 is 11.1 Å². The highest BCUT2D eigenvalue weighted by molar-refractivity contribution is 14.1. The summed E-state index contributed by atoms with van der Waals surface area (Å²) in [6.45, 7) is 1.81. The third-order valence-corrected chi connectivity index (χ3v) is 3.12. The Labute approximate surface area is 114 Å². The lowest BCUT2D eigenvalue weighted by Crippen LogP contribution is -2.08. The van der Waals surface area contributed by atoms with Gasteiger partial charge in [0.2, 0.25) is 0 Å². The molecule has 1 heterocycles. The van der Waals surface area contributed by atoms with Gasteiger partial charge in [-0.05, 0) is 53.3 Å². The number of nitrogens with zero attached hydrogens (tertiary/aromatic N) is 2. The number of aromatic nitrogens is 2. The summed E-state index contributed by atoms with van der Waals surface area (Å²) < 4.78 is 3.08. The quantitative estimate of drug-likeness (QED) is 0.499. The van der Waals surface area contributed by atoms with Gasteiger partial charge in [0.15, 0.2) is 0 Å². The normalized spacial score (nSPS) is 10.4. The van der Waals surface area contributed by atoms with E-state index in [2.05, 4.69) is 33.0 Å². The molecule has 0 bridgehead atoms. The molecule has 0 saturated carbocycles. The number of nitrogens with one attached hydrogen (secondary N) is 1. The molecule has 3 N–H and O–H groups in total. The molecule has 4 nitrogen and oxygen atoms in total. The van der Waals surface area contributed by atoms with Crippen molar-refractivity contribution < 1.29 is 0 Å². The summed E-state index contributed by atoms with van der Waals surface area (Å²) in [5.41, 5.74) is 7.72. The molecule has 0 aliphatic carbocycles. The minimum Gasteiger partial charge on any atom is -0.397 e. The molecule has 0 fully saturated rings. The fourth-order valence-corrected chi connectivity index (χ4v) is 2.11. The van der Waals surface area contributed by atoms with Crippen LogP contribution in [0.3, 0.4) is 0 Å². The number of aryl methyl sites for hydroxylation is 1. The van der Waals surface area contributed by atoms with Crippen molar-refractivity contribution in [2.45, 2.75) is 13.0 Å². The van der Waals surface area contributed by atoms with Crippen molar-refractivity contribution in [2.75, 3.05) is 17.6 Å². The Morgan fingerprint density at radius 1 is 1.41 bits per heavy atom. The van der Waals surface area contributed by atoms with Crippen LogP contribution in [0.5, 0.6) is 0 Å². The molecule has 0 radical (unpaired) electrons.